The van der Waals surface area contributed by atoms with E-state index in [0.717, 1.165) is 27.1 Å². The zero-order chi connectivity index (χ0) is 22.0. The average Bonchev–Trinajstić information content (AvgIpc) is 2.77. The minimum atomic E-state index is -3.96. The number of nitrogens with zero attached hydrogens (tertiary/aromatic N) is 1. The number of pyridine rings is 1. The molecule has 3 N–H and O–H groups in total. The molecule has 8 heteroatoms. The van der Waals surface area contributed by atoms with Crippen molar-refractivity contribution < 1.29 is 17.9 Å². The number of carbonyl (C=O) groups excluding carboxylic acids is 1. The number of fused-ring (bicyclic) bond motifs is 2. The minimum Gasteiger partial charge on any atom is -0.468 e. The van der Waals surface area contributed by atoms with Crippen LogP contribution in [0.15, 0.2) is 77.8 Å². The molecule has 0 aliphatic carbocycles. The molecule has 0 saturated heterocycles. The van der Waals surface area contributed by atoms with Gasteiger partial charge in [0.1, 0.15) is 11.9 Å². The van der Waals surface area contributed by atoms with Crippen LogP contribution < -0.4 is 10.5 Å². The van der Waals surface area contributed by atoms with Gasteiger partial charge in [-0.2, -0.15) is 4.72 Å². The van der Waals surface area contributed by atoms with Gasteiger partial charge in [0.05, 0.1) is 12.0 Å². The second kappa shape index (κ2) is 8.33. The number of hydrogen-bond acceptors (Lipinski definition) is 6. The third-order valence-corrected chi connectivity index (χ3v) is 6.58. The van der Waals surface area contributed by atoms with E-state index in [2.05, 4.69) is 9.71 Å². The molecule has 1 aromatic heterocycles. The van der Waals surface area contributed by atoms with Crippen molar-refractivity contribution in [2.45, 2.75) is 17.4 Å². The van der Waals surface area contributed by atoms with Gasteiger partial charge in [-0.1, -0.05) is 48.5 Å². The van der Waals surface area contributed by atoms with Crippen LogP contribution in [0.4, 0.5) is 5.82 Å². The number of rotatable bonds is 6. The first kappa shape index (κ1) is 20.8. The lowest BCUT2D eigenvalue weighted by Gasteiger charge is -2.17. The Kier molecular flexibility index (Phi) is 5.58. The maximum atomic E-state index is 13.0. The molecule has 0 fully saturated rings. The first-order valence-corrected chi connectivity index (χ1v) is 11.1. The molecule has 1 atom stereocenters. The van der Waals surface area contributed by atoms with E-state index in [0.29, 0.717) is 5.82 Å². The molecular weight excluding hydrogens is 414 g/mol. The van der Waals surface area contributed by atoms with Crippen LogP contribution in [0.3, 0.4) is 0 Å². The Labute approximate surface area is 179 Å². The van der Waals surface area contributed by atoms with Gasteiger partial charge in [-0.15, -0.1) is 0 Å². The number of nitrogens with two attached hydrogens (primary N) is 1. The quantitative estimate of drug-likeness (QED) is 0.450. The second-order valence-corrected chi connectivity index (χ2v) is 8.88. The Morgan fingerprint density at radius 3 is 2.58 bits per heavy atom. The Hall–Kier alpha value is -3.49. The number of aromatic nitrogens is 1. The van der Waals surface area contributed by atoms with E-state index in [1.54, 1.807) is 30.5 Å². The number of sulfonamides is 1. The molecule has 3 aromatic carbocycles. The van der Waals surface area contributed by atoms with Gasteiger partial charge in [-0.05, 0) is 46.3 Å². The fourth-order valence-corrected chi connectivity index (χ4v) is 4.74. The van der Waals surface area contributed by atoms with Crippen molar-refractivity contribution in [3.05, 3.63) is 78.5 Å². The van der Waals surface area contributed by atoms with Crippen LogP contribution in [0.25, 0.3) is 21.5 Å². The number of nitrogen functional groups attached to an aromatic ring is 1. The summed E-state index contributed by atoms with van der Waals surface area (Å²) < 4.78 is 33.4. The first-order chi connectivity index (χ1) is 14.9. The van der Waals surface area contributed by atoms with E-state index < -0.39 is 22.0 Å². The monoisotopic (exact) mass is 435 g/mol. The van der Waals surface area contributed by atoms with Crippen LogP contribution in [-0.4, -0.2) is 32.5 Å². The van der Waals surface area contributed by atoms with Gasteiger partial charge in [0.15, 0.2) is 0 Å². The van der Waals surface area contributed by atoms with Crippen LogP contribution in [0, 0.1) is 0 Å². The Bertz CT molecular complexity index is 1390. The number of benzene rings is 3. The summed E-state index contributed by atoms with van der Waals surface area (Å²) in [4.78, 5) is 16.5. The van der Waals surface area contributed by atoms with Crippen LogP contribution in [0.1, 0.15) is 5.56 Å². The van der Waals surface area contributed by atoms with E-state index in [1.165, 1.54) is 13.2 Å². The smallest absolute Gasteiger partial charge is 0.324 e. The summed E-state index contributed by atoms with van der Waals surface area (Å²) in [6.45, 7) is 0. The highest BCUT2D eigenvalue weighted by Crippen LogP contribution is 2.22. The molecule has 0 radical (unpaired) electrons. The Balaban J connectivity index is 1.64. The molecule has 4 rings (SSSR count). The summed E-state index contributed by atoms with van der Waals surface area (Å²) >= 11 is 0. The number of methoxy groups -OCH3 is 1. The molecule has 0 saturated carbocycles. The molecule has 31 heavy (non-hydrogen) atoms. The fraction of sp³-hybridized carbons (Fsp3) is 0.130. The molecule has 0 spiro atoms. The molecule has 0 aliphatic heterocycles. The second-order valence-electron chi connectivity index (χ2n) is 7.16. The third kappa shape index (κ3) is 4.35. The first-order valence-electron chi connectivity index (χ1n) is 9.59. The van der Waals surface area contributed by atoms with Crippen LogP contribution in [-0.2, 0) is 26.0 Å². The number of esters is 1. The lowest BCUT2D eigenvalue weighted by atomic mass is 10.0. The van der Waals surface area contributed by atoms with Gasteiger partial charge in [-0.25, -0.2) is 13.4 Å². The number of anilines is 1. The SMILES string of the molecule is COC(=O)C(Cc1ccc2c(N)nccc2c1)NS(=O)(=O)c1ccc2ccccc2c1. The highest BCUT2D eigenvalue weighted by molar-refractivity contribution is 7.89. The van der Waals surface area contributed by atoms with Gasteiger partial charge in [-0.3, -0.25) is 4.79 Å². The fourth-order valence-electron chi connectivity index (χ4n) is 3.52. The predicted octanol–water partition coefficient (Wildman–Crippen LogP) is 3.03. The van der Waals surface area contributed by atoms with E-state index in [4.69, 9.17) is 10.5 Å². The lowest BCUT2D eigenvalue weighted by Crippen LogP contribution is -2.42. The van der Waals surface area contributed by atoms with Crippen LogP contribution >= 0.6 is 0 Å². The zero-order valence-electron chi connectivity index (χ0n) is 16.8. The largest absolute Gasteiger partial charge is 0.468 e. The van der Waals surface area contributed by atoms with Crippen molar-refractivity contribution in [1.29, 1.82) is 0 Å². The number of nitrogens with one attached hydrogen (secondary N) is 1. The summed E-state index contributed by atoms with van der Waals surface area (Å²) in [7, 11) is -2.73. The van der Waals surface area contributed by atoms with Crippen molar-refractivity contribution in [2.24, 2.45) is 0 Å². The van der Waals surface area contributed by atoms with Gasteiger partial charge < -0.3 is 10.5 Å². The Morgan fingerprint density at radius 1 is 1.03 bits per heavy atom. The molecule has 7 nitrogen and oxygen atoms in total. The predicted molar refractivity (Wildman–Crippen MR) is 120 cm³/mol. The van der Waals surface area contributed by atoms with Crippen molar-refractivity contribution in [3.8, 4) is 0 Å². The average molecular weight is 436 g/mol. The van der Waals surface area contributed by atoms with Gasteiger partial charge in [0.25, 0.3) is 0 Å². The summed E-state index contributed by atoms with van der Waals surface area (Å²) in [5, 5.41) is 3.36. The van der Waals surface area contributed by atoms with Crippen LogP contribution in [0.2, 0.25) is 0 Å². The number of carbonyl (C=O) groups is 1. The summed E-state index contributed by atoms with van der Waals surface area (Å²) in [5.74, 6) is -0.260. The van der Waals surface area contributed by atoms with Gasteiger partial charge in [0, 0.05) is 11.6 Å². The third-order valence-electron chi connectivity index (χ3n) is 5.11. The summed E-state index contributed by atoms with van der Waals surface area (Å²) in [6, 6.07) is 18.5. The lowest BCUT2D eigenvalue weighted by molar-refractivity contribution is -0.142. The molecule has 4 aromatic rings. The highest BCUT2D eigenvalue weighted by atomic mass is 32.2. The molecule has 1 unspecified atom stereocenters. The molecule has 1 heterocycles. The molecule has 0 bridgehead atoms. The van der Waals surface area contributed by atoms with Crippen molar-refractivity contribution in [2.75, 3.05) is 12.8 Å². The van der Waals surface area contributed by atoms with Crippen molar-refractivity contribution in [3.63, 3.8) is 0 Å². The highest BCUT2D eigenvalue weighted by Gasteiger charge is 2.27. The normalized spacial score (nSPS) is 12.7. The maximum absolute atomic E-state index is 13.0. The summed E-state index contributed by atoms with van der Waals surface area (Å²) in [5.41, 5.74) is 6.65. The van der Waals surface area contributed by atoms with Gasteiger partial charge >= 0.3 is 5.97 Å². The Morgan fingerprint density at radius 2 is 1.81 bits per heavy atom. The topological polar surface area (TPSA) is 111 Å². The molecule has 158 valence electrons. The zero-order valence-corrected chi connectivity index (χ0v) is 17.6. The van der Waals surface area contributed by atoms with Crippen molar-refractivity contribution >= 4 is 43.4 Å². The summed E-state index contributed by atoms with van der Waals surface area (Å²) in [6.07, 6.45) is 1.72. The van der Waals surface area contributed by atoms with Crippen LogP contribution in [0.5, 0.6) is 0 Å². The van der Waals surface area contributed by atoms with E-state index in [9.17, 15) is 13.2 Å². The van der Waals surface area contributed by atoms with E-state index >= 15 is 0 Å². The van der Waals surface area contributed by atoms with Gasteiger partial charge in [0.2, 0.25) is 10.0 Å². The number of hydrogen-bond donors (Lipinski definition) is 2. The minimum absolute atomic E-state index is 0.0810. The van der Waals surface area contributed by atoms with E-state index in [1.807, 2.05) is 36.4 Å². The van der Waals surface area contributed by atoms with Crippen molar-refractivity contribution in [1.82, 2.24) is 9.71 Å². The van der Waals surface area contributed by atoms with E-state index in [-0.39, 0.29) is 11.3 Å². The molecule has 0 amide bonds. The maximum Gasteiger partial charge on any atom is 0.324 e. The number of ether oxygens (including phenoxy) is 1. The molecular formula is C23H21N3O4S. The molecule has 0 aliphatic rings. The standard InChI is InChI=1S/C23H21N3O4S/c1-30-23(27)21(13-15-6-9-20-18(12-15)10-11-25-22(20)24)26-31(28,29)19-8-7-16-4-2-3-5-17(16)14-19/h2-12,14,21,26H,13H2,1H3,(H2,24,25).